The Kier molecular flexibility index (Phi) is 8.48. The lowest BCUT2D eigenvalue weighted by atomic mass is 10.0. The molecular weight excluding hydrogens is 726 g/mol. The number of imidazole rings is 1. The van der Waals surface area contributed by atoms with Gasteiger partial charge in [0.15, 0.2) is 5.78 Å². The quantitative estimate of drug-likeness (QED) is 0.214. The lowest BCUT2D eigenvalue weighted by molar-refractivity contribution is -0.132. The molecule has 1 aromatic heterocycles. The SMILES string of the molecule is Nc1c(Br)cc(C(=O)CCC(=O)N2CCC(n3cc(-c4cc(Br)c(N)c(Br)c4)[nH]c3=O)CC2)cc1Br. The highest BCUT2D eigenvalue weighted by atomic mass is 79.9. The molecule has 5 N–H and O–H groups in total. The highest BCUT2D eigenvalue weighted by Gasteiger charge is 2.26. The first-order valence-corrected chi connectivity index (χ1v) is 14.3. The summed E-state index contributed by atoms with van der Waals surface area (Å²) < 4.78 is 4.45. The van der Waals surface area contributed by atoms with E-state index in [0.29, 0.717) is 57.5 Å². The Morgan fingerprint density at radius 3 is 1.97 bits per heavy atom. The molecule has 0 unspecified atom stereocenters. The molecule has 0 spiro atoms. The summed E-state index contributed by atoms with van der Waals surface area (Å²) in [7, 11) is 0. The van der Waals surface area contributed by atoms with Crippen LogP contribution in [0.1, 0.15) is 42.1 Å². The molecule has 0 radical (unpaired) electrons. The second-order valence-electron chi connectivity index (χ2n) is 8.62. The minimum Gasteiger partial charge on any atom is -0.397 e. The van der Waals surface area contributed by atoms with Crippen molar-refractivity contribution in [2.75, 3.05) is 24.6 Å². The van der Waals surface area contributed by atoms with E-state index in [1.807, 2.05) is 18.3 Å². The highest BCUT2D eigenvalue weighted by molar-refractivity contribution is 9.11. The third kappa shape index (κ3) is 5.81. The number of likely N-dealkylation sites (tertiary alicyclic amines) is 1. The van der Waals surface area contributed by atoms with Crippen molar-refractivity contribution in [1.29, 1.82) is 0 Å². The Morgan fingerprint density at radius 2 is 1.42 bits per heavy atom. The molecule has 0 bridgehead atoms. The van der Waals surface area contributed by atoms with E-state index in [4.69, 9.17) is 11.5 Å². The zero-order valence-electron chi connectivity index (χ0n) is 19.0. The van der Waals surface area contributed by atoms with Gasteiger partial charge in [-0.25, -0.2) is 4.79 Å². The zero-order valence-corrected chi connectivity index (χ0v) is 25.3. The number of hydrogen-bond acceptors (Lipinski definition) is 5. The summed E-state index contributed by atoms with van der Waals surface area (Å²) in [6, 6.07) is 7.05. The van der Waals surface area contributed by atoms with Crippen LogP contribution in [0.2, 0.25) is 0 Å². The van der Waals surface area contributed by atoms with E-state index < -0.39 is 0 Å². The maximum atomic E-state index is 12.8. The van der Waals surface area contributed by atoms with Crippen molar-refractivity contribution < 1.29 is 9.59 Å². The highest BCUT2D eigenvalue weighted by Crippen LogP contribution is 2.34. The smallest absolute Gasteiger partial charge is 0.326 e. The van der Waals surface area contributed by atoms with Gasteiger partial charge in [0.1, 0.15) is 0 Å². The molecular formula is C24H23Br4N5O3. The molecule has 36 heavy (non-hydrogen) atoms. The summed E-state index contributed by atoms with van der Waals surface area (Å²) in [6.07, 6.45) is 3.39. The monoisotopic (exact) mass is 745 g/mol. The molecule has 0 atom stereocenters. The number of halogens is 4. The fourth-order valence-electron chi connectivity index (χ4n) is 4.23. The van der Waals surface area contributed by atoms with Crippen molar-refractivity contribution in [1.82, 2.24) is 14.5 Å². The molecule has 1 amide bonds. The zero-order chi connectivity index (χ0) is 26.1. The summed E-state index contributed by atoms with van der Waals surface area (Å²) >= 11 is 13.6. The molecule has 2 heterocycles. The maximum Gasteiger partial charge on any atom is 0.326 e. The van der Waals surface area contributed by atoms with Crippen LogP contribution in [0.5, 0.6) is 0 Å². The van der Waals surface area contributed by atoms with E-state index >= 15 is 0 Å². The molecule has 8 nitrogen and oxygen atoms in total. The van der Waals surface area contributed by atoms with Crippen LogP contribution in [-0.2, 0) is 4.79 Å². The van der Waals surface area contributed by atoms with Gasteiger partial charge in [0, 0.05) is 67.2 Å². The number of carbonyl (C=O) groups excluding carboxylic acids is 2. The molecule has 1 fully saturated rings. The van der Waals surface area contributed by atoms with Crippen LogP contribution < -0.4 is 17.2 Å². The number of piperidine rings is 1. The summed E-state index contributed by atoms with van der Waals surface area (Å²) in [6.45, 7) is 1.06. The molecule has 0 saturated carbocycles. The molecule has 190 valence electrons. The van der Waals surface area contributed by atoms with Crippen molar-refractivity contribution in [3.63, 3.8) is 0 Å². The third-order valence-electron chi connectivity index (χ3n) is 6.31. The second-order valence-corrected chi connectivity index (χ2v) is 12.0. The molecule has 12 heteroatoms. The normalized spacial score (nSPS) is 14.3. The van der Waals surface area contributed by atoms with Crippen LogP contribution in [0.4, 0.5) is 11.4 Å². The fourth-order valence-corrected chi connectivity index (χ4v) is 6.60. The van der Waals surface area contributed by atoms with Crippen LogP contribution in [0.15, 0.2) is 53.1 Å². The van der Waals surface area contributed by atoms with Crippen LogP contribution in [0.25, 0.3) is 11.3 Å². The number of nitrogens with one attached hydrogen (secondary N) is 1. The number of H-pyrrole nitrogens is 1. The summed E-state index contributed by atoms with van der Waals surface area (Å²) in [5.41, 5.74) is 14.8. The van der Waals surface area contributed by atoms with Gasteiger partial charge in [-0.3, -0.25) is 14.2 Å². The number of aromatic nitrogens is 2. The Balaban J connectivity index is 1.35. The number of nitrogen functional groups attached to an aromatic ring is 2. The molecule has 2 aromatic carbocycles. The average molecular weight is 749 g/mol. The predicted octanol–water partition coefficient (Wildman–Crippen LogP) is 5.88. The van der Waals surface area contributed by atoms with Crippen molar-refractivity contribution in [2.45, 2.75) is 31.7 Å². The Labute approximate surface area is 241 Å². The Bertz CT molecular complexity index is 1350. The van der Waals surface area contributed by atoms with Crippen LogP contribution in [0.3, 0.4) is 0 Å². The molecule has 1 saturated heterocycles. The summed E-state index contributed by atoms with van der Waals surface area (Å²) in [4.78, 5) is 42.7. The van der Waals surface area contributed by atoms with Crippen molar-refractivity contribution in [2.24, 2.45) is 0 Å². The molecule has 0 aliphatic carbocycles. The van der Waals surface area contributed by atoms with Gasteiger partial charge in [-0.1, -0.05) is 0 Å². The van der Waals surface area contributed by atoms with Gasteiger partial charge in [0.05, 0.1) is 17.1 Å². The van der Waals surface area contributed by atoms with E-state index in [9.17, 15) is 14.4 Å². The van der Waals surface area contributed by atoms with Crippen molar-refractivity contribution >= 4 is 86.8 Å². The number of ketones is 1. The standard InChI is InChI=1S/C24H23Br4N5O3/c25-15-7-12(8-16(26)22(15)29)19-11-33(24(36)31-19)14-3-5-32(6-4-14)21(35)2-1-20(34)13-9-17(27)23(30)18(28)10-13/h7-11,14H,1-6,29-30H2,(H,31,36). The fraction of sp³-hybridized carbons (Fsp3) is 0.292. The van der Waals surface area contributed by atoms with Gasteiger partial charge >= 0.3 is 5.69 Å². The first kappa shape index (κ1) is 27.2. The number of Topliss-reactive ketones (excluding diaryl/α,β-unsaturated/α-hetero) is 1. The van der Waals surface area contributed by atoms with Crippen LogP contribution in [0, 0.1) is 0 Å². The van der Waals surface area contributed by atoms with E-state index in [-0.39, 0.29) is 36.3 Å². The molecule has 1 aliphatic rings. The predicted molar refractivity (Wildman–Crippen MR) is 155 cm³/mol. The average Bonchev–Trinajstić information content (AvgIpc) is 3.25. The van der Waals surface area contributed by atoms with Crippen molar-refractivity contribution in [3.8, 4) is 11.3 Å². The van der Waals surface area contributed by atoms with Crippen LogP contribution in [-0.4, -0.2) is 39.2 Å². The number of anilines is 2. The number of benzene rings is 2. The number of carbonyl (C=O) groups is 2. The topological polar surface area (TPSA) is 127 Å². The van der Waals surface area contributed by atoms with Gasteiger partial charge < -0.3 is 21.4 Å². The molecule has 4 rings (SSSR count). The van der Waals surface area contributed by atoms with Gasteiger partial charge in [-0.2, -0.15) is 0 Å². The number of nitrogens with zero attached hydrogens (tertiary/aromatic N) is 2. The molecule has 1 aliphatic heterocycles. The minimum atomic E-state index is -0.190. The Hall–Kier alpha value is -1.89. The number of amides is 1. The van der Waals surface area contributed by atoms with E-state index in [0.717, 1.165) is 14.5 Å². The first-order chi connectivity index (χ1) is 17.0. The minimum absolute atomic E-state index is 0.0154. The maximum absolute atomic E-state index is 12.8. The number of nitrogens with two attached hydrogens (primary N) is 2. The van der Waals surface area contributed by atoms with Gasteiger partial charge in [0.25, 0.3) is 0 Å². The lowest BCUT2D eigenvalue weighted by Crippen LogP contribution is -2.40. The summed E-state index contributed by atoms with van der Waals surface area (Å²) in [5, 5.41) is 0. The largest absolute Gasteiger partial charge is 0.397 e. The summed E-state index contributed by atoms with van der Waals surface area (Å²) in [5.74, 6) is -0.180. The van der Waals surface area contributed by atoms with E-state index in [2.05, 4.69) is 68.7 Å². The van der Waals surface area contributed by atoms with Gasteiger partial charge in [-0.15, -0.1) is 0 Å². The van der Waals surface area contributed by atoms with E-state index in [1.54, 1.807) is 21.6 Å². The first-order valence-electron chi connectivity index (χ1n) is 11.2. The van der Waals surface area contributed by atoms with Gasteiger partial charge in [-0.05, 0) is 101 Å². The lowest BCUT2D eigenvalue weighted by Gasteiger charge is -2.32. The third-order valence-corrected chi connectivity index (χ3v) is 8.94. The number of hydrogen-bond donors (Lipinski definition) is 3. The second kappa shape index (κ2) is 11.2. The Morgan fingerprint density at radius 1 is 0.889 bits per heavy atom. The van der Waals surface area contributed by atoms with Gasteiger partial charge in [0.2, 0.25) is 5.91 Å². The van der Waals surface area contributed by atoms with E-state index in [1.165, 1.54) is 0 Å². The molecule has 3 aromatic rings. The number of rotatable bonds is 6. The number of aromatic amines is 1. The van der Waals surface area contributed by atoms with Crippen LogP contribution >= 0.6 is 63.7 Å². The van der Waals surface area contributed by atoms with Crippen molar-refractivity contribution in [3.05, 3.63) is 64.4 Å².